The predicted molar refractivity (Wildman–Crippen MR) is 84.1 cm³/mol. The van der Waals surface area contributed by atoms with Crippen LogP contribution in [-0.4, -0.2) is 16.9 Å². The van der Waals surface area contributed by atoms with Gasteiger partial charge in [-0.3, -0.25) is 16.0 Å². The lowest BCUT2D eigenvalue weighted by Crippen LogP contribution is -2.31. The number of methoxy groups -OCH3 is 1. The van der Waals surface area contributed by atoms with E-state index in [9.17, 15) is 0 Å². The number of aryl methyl sites for hydroxylation is 3. The fourth-order valence-corrected chi connectivity index (χ4v) is 2.80. The summed E-state index contributed by atoms with van der Waals surface area (Å²) in [6, 6.07) is 6.52. The first-order valence-corrected chi connectivity index (χ1v) is 7.22. The minimum Gasteiger partial charge on any atom is -0.493 e. The Balaban J connectivity index is 2.33. The first-order chi connectivity index (χ1) is 10.1. The topological polar surface area (TPSA) is 65.1 Å². The molecule has 1 aromatic carbocycles. The number of benzene rings is 1. The van der Waals surface area contributed by atoms with Crippen LogP contribution in [0.5, 0.6) is 5.75 Å². The molecule has 0 bridgehead atoms. The second-order valence-corrected chi connectivity index (χ2v) is 5.33. The maximum absolute atomic E-state index is 5.79. The van der Waals surface area contributed by atoms with Crippen molar-refractivity contribution in [1.29, 1.82) is 0 Å². The van der Waals surface area contributed by atoms with E-state index in [4.69, 9.17) is 10.6 Å². The fraction of sp³-hybridized carbons (Fsp3) is 0.438. The zero-order valence-electron chi connectivity index (χ0n) is 13.2. The van der Waals surface area contributed by atoms with Crippen molar-refractivity contribution < 1.29 is 4.74 Å². The van der Waals surface area contributed by atoms with Gasteiger partial charge in [-0.15, -0.1) is 0 Å². The Morgan fingerprint density at radius 1 is 1.29 bits per heavy atom. The van der Waals surface area contributed by atoms with E-state index in [0.29, 0.717) is 0 Å². The summed E-state index contributed by atoms with van der Waals surface area (Å²) in [5.74, 6) is 6.56. The van der Waals surface area contributed by atoms with E-state index in [1.165, 1.54) is 16.7 Å². The highest BCUT2D eigenvalue weighted by molar-refractivity contribution is 5.33. The van der Waals surface area contributed by atoms with Gasteiger partial charge in [0.25, 0.3) is 0 Å². The Hall–Kier alpha value is -1.85. The van der Waals surface area contributed by atoms with Crippen LogP contribution in [-0.2, 0) is 13.0 Å². The van der Waals surface area contributed by atoms with Crippen LogP contribution in [0.25, 0.3) is 0 Å². The van der Waals surface area contributed by atoms with Crippen LogP contribution in [0.4, 0.5) is 0 Å². The van der Waals surface area contributed by atoms with E-state index in [2.05, 4.69) is 49.5 Å². The molecule has 0 spiro atoms. The molecule has 0 saturated heterocycles. The molecule has 0 fully saturated rings. The highest BCUT2D eigenvalue weighted by Gasteiger charge is 2.21. The van der Waals surface area contributed by atoms with Gasteiger partial charge in [-0.05, 0) is 32.8 Å². The average Bonchev–Trinajstić information content (AvgIpc) is 2.86. The van der Waals surface area contributed by atoms with E-state index in [0.717, 1.165) is 24.4 Å². The van der Waals surface area contributed by atoms with Gasteiger partial charge in [0.05, 0.1) is 25.0 Å². The Kier molecular flexibility index (Phi) is 4.98. The molecular formula is C16H24N4O. The number of aromatic nitrogens is 2. The number of hydrogen-bond donors (Lipinski definition) is 2. The van der Waals surface area contributed by atoms with Gasteiger partial charge >= 0.3 is 0 Å². The van der Waals surface area contributed by atoms with E-state index in [1.54, 1.807) is 13.3 Å². The number of nitrogens with one attached hydrogen (secondary N) is 1. The van der Waals surface area contributed by atoms with E-state index < -0.39 is 0 Å². The largest absolute Gasteiger partial charge is 0.493 e. The van der Waals surface area contributed by atoms with Crippen LogP contribution in [0.3, 0.4) is 0 Å². The highest BCUT2D eigenvalue weighted by Crippen LogP contribution is 2.27. The molecule has 0 aliphatic carbocycles. The Bertz CT molecular complexity index is 565. The molecule has 1 atom stereocenters. The normalized spacial score (nSPS) is 12.4. The van der Waals surface area contributed by atoms with Crippen LogP contribution in [0.1, 0.15) is 35.3 Å². The maximum atomic E-state index is 5.79. The van der Waals surface area contributed by atoms with Gasteiger partial charge in [0.2, 0.25) is 0 Å². The third-order valence-corrected chi connectivity index (χ3v) is 3.62. The van der Waals surface area contributed by atoms with Gasteiger partial charge in [-0.2, -0.15) is 5.10 Å². The zero-order valence-corrected chi connectivity index (χ0v) is 13.2. The number of nitrogens with zero attached hydrogens (tertiary/aromatic N) is 2. The lowest BCUT2D eigenvalue weighted by molar-refractivity contribution is 0.391. The third kappa shape index (κ3) is 3.43. The lowest BCUT2D eigenvalue weighted by Gasteiger charge is -2.19. The molecule has 0 saturated carbocycles. The summed E-state index contributed by atoms with van der Waals surface area (Å²) in [4.78, 5) is 0. The summed E-state index contributed by atoms with van der Waals surface area (Å²) in [5.41, 5.74) is 7.66. The molecule has 114 valence electrons. The first kappa shape index (κ1) is 15.5. The minimum atomic E-state index is -0.0383. The SMILES string of the molecule is CCn1ncc(OC)c1C(Cc1cc(C)cc(C)c1)NN. The Labute approximate surface area is 126 Å². The first-order valence-electron chi connectivity index (χ1n) is 7.22. The Morgan fingerprint density at radius 2 is 1.95 bits per heavy atom. The van der Waals surface area contributed by atoms with E-state index in [1.807, 2.05) is 4.68 Å². The molecule has 21 heavy (non-hydrogen) atoms. The molecular weight excluding hydrogens is 264 g/mol. The summed E-state index contributed by atoms with van der Waals surface area (Å²) in [6.45, 7) is 7.06. The summed E-state index contributed by atoms with van der Waals surface area (Å²) in [6.07, 6.45) is 2.53. The molecule has 1 aromatic heterocycles. The molecule has 5 nitrogen and oxygen atoms in total. The summed E-state index contributed by atoms with van der Waals surface area (Å²) in [7, 11) is 1.66. The monoisotopic (exact) mass is 288 g/mol. The van der Waals surface area contributed by atoms with Crippen molar-refractivity contribution in [3.63, 3.8) is 0 Å². The summed E-state index contributed by atoms with van der Waals surface area (Å²) in [5, 5.41) is 4.35. The minimum absolute atomic E-state index is 0.0383. The molecule has 1 unspecified atom stereocenters. The van der Waals surface area contributed by atoms with Gasteiger partial charge in [0.1, 0.15) is 0 Å². The van der Waals surface area contributed by atoms with Crippen molar-refractivity contribution in [2.75, 3.05) is 7.11 Å². The van der Waals surface area contributed by atoms with Gasteiger partial charge in [0, 0.05) is 6.54 Å². The van der Waals surface area contributed by atoms with Crippen molar-refractivity contribution in [2.24, 2.45) is 5.84 Å². The van der Waals surface area contributed by atoms with Gasteiger partial charge in [-0.25, -0.2) is 0 Å². The number of ether oxygens (including phenoxy) is 1. The van der Waals surface area contributed by atoms with Crippen molar-refractivity contribution in [3.05, 3.63) is 46.8 Å². The molecule has 0 aliphatic rings. The van der Waals surface area contributed by atoms with Crippen molar-refractivity contribution in [1.82, 2.24) is 15.2 Å². The maximum Gasteiger partial charge on any atom is 0.161 e. The average molecular weight is 288 g/mol. The number of rotatable bonds is 6. The quantitative estimate of drug-likeness (QED) is 0.632. The predicted octanol–water partition coefficient (Wildman–Crippen LogP) is 2.28. The van der Waals surface area contributed by atoms with Crippen LogP contribution in [0.15, 0.2) is 24.4 Å². The van der Waals surface area contributed by atoms with Crippen molar-refractivity contribution >= 4 is 0 Å². The number of hydrazine groups is 1. The van der Waals surface area contributed by atoms with Crippen LogP contribution >= 0.6 is 0 Å². The second-order valence-electron chi connectivity index (χ2n) is 5.33. The summed E-state index contributed by atoms with van der Waals surface area (Å²) < 4.78 is 7.34. The van der Waals surface area contributed by atoms with Gasteiger partial charge in [0.15, 0.2) is 5.75 Å². The smallest absolute Gasteiger partial charge is 0.161 e. The van der Waals surface area contributed by atoms with Crippen LogP contribution in [0.2, 0.25) is 0 Å². The van der Waals surface area contributed by atoms with E-state index in [-0.39, 0.29) is 6.04 Å². The third-order valence-electron chi connectivity index (χ3n) is 3.62. The molecule has 0 aliphatic heterocycles. The number of nitrogens with two attached hydrogens (primary N) is 1. The van der Waals surface area contributed by atoms with Gasteiger partial charge < -0.3 is 4.74 Å². The molecule has 3 N–H and O–H groups in total. The van der Waals surface area contributed by atoms with Crippen molar-refractivity contribution in [3.8, 4) is 5.75 Å². The highest BCUT2D eigenvalue weighted by atomic mass is 16.5. The standard InChI is InChI=1S/C16H24N4O/c1-5-20-16(15(21-4)10-18-20)14(19-17)9-13-7-11(2)6-12(3)8-13/h6-8,10,14,19H,5,9,17H2,1-4H3. The van der Waals surface area contributed by atoms with Crippen LogP contribution in [0, 0.1) is 13.8 Å². The summed E-state index contributed by atoms with van der Waals surface area (Å²) >= 11 is 0. The molecule has 0 radical (unpaired) electrons. The van der Waals surface area contributed by atoms with Crippen molar-refractivity contribution in [2.45, 2.75) is 39.8 Å². The number of hydrogen-bond acceptors (Lipinski definition) is 4. The Morgan fingerprint density at radius 3 is 2.48 bits per heavy atom. The second kappa shape index (κ2) is 6.74. The molecule has 2 rings (SSSR count). The molecule has 5 heteroatoms. The molecule has 0 amide bonds. The zero-order chi connectivity index (χ0) is 15.4. The lowest BCUT2D eigenvalue weighted by atomic mass is 9.99. The molecule has 1 heterocycles. The fourth-order valence-electron chi connectivity index (χ4n) is 2.80. The van der Waals surface area contributed by atoms with Gasteiger partial charge in [-0.1, -0.05) is 29.3 Å². The van der Waals surface area contributed by atoms with Crippen LogP contribution < -0.4 is 16.0 Å². The molecule has 2 aromatic rings. The van der Waals surface area contributed by atoms with E-state index >= 15 is 0 Å².